The van der Waals surface area contributed by atoms with E-state index in [1.807, 2.05) is 36.4 Å². The maximum Gasteiger partial charge on any atom is 0.306 e. The topological polar surface area (TPSA) is 87.5 Å². The third kappa shape index (κ3) is 5.59. The van der Waals surface area contributed by atoms with Gasteiger partial charge in [0, 0.05) is 24.7 Å². The minimum atomic E-state index is -3.44. The van der Waals surface area contributed by atoms with Crippen LogP contribution in [-0.2, 0) is 15.5 Å². The number of hydrogen-bond donors (Lipinski definition) is 2. The van der Waals surface area contributed by atoms with E-state index in [2.05, 4.69) is 4.98 Å². The van der Waals surface area contributed by atoms with Crippen LogP contribution in [0.2, 0.25) is 0 Å². The standard InChI is InChI=1S/C18H22NO4P/c1-14(18(20)21)10-17(16-8-5-9-19-11-16)13-24(22,23)12-15-6-3-2-4-7-15/h2-9,11,14,17H,10,12-13H2,1H3,(H,20,21)(H,22,23). The van der Waals surface area contributed by atoms with Crippen LogP contribution in [0.1, 0.15) is 30.4 Å². The number of aliphatic carboxylic acids is 1. The van der Waals surface area contributed by atoms with E-state index in [9.17, 15) is 14.3 Å². The first-order valence-corrected chi connectivity index (χ1v) is 9.88. The van der Waals surface area contributed by atoms with Crippen molar-refractivity contribution in [2.75, 3.05) is 6.16 Å². The number of pyridine rings is 1. The summed E-state index contributed by atoms with van der Waals surface area (Å²) < 4.78 is 12.7. The van der Waals surface area contributed by atoms with Gasteiger partial charge in [0.25, 0.3) is 0 Å². The predicted octanol–water partition coefficient (Wildman–Crippen LogP) is 3.75. The van der Waals surface area contributed by atoms with Crippen molar-refractivity contribution in [3.8, 4) is 0 Å². The SMILES string of the molecule is CC(CC(CP(=O)(O)Cc1ccccc1)c1cccnc1)C(=O)O. The van der Waals surface area contributed by atoms with Crippen LogP contribution >= 0.6 is 7.37 Å². The van der Waals surface area contributed by atoms with Crippen LogP contribution in [0.5, 0.6) is 0 Å². The molecule has 0 aliphatic rings. The molecule has 0 radical (unpaired) electrons. The molecule has 3 unspecified atom stereocenters. The van der Waals surface area contributed by atoms with Crippen molar-refractivity contribution in [3.05, 3.63) is 66.0 Å². The summed E-state index contributed by atoms with van der Waals surface area (Å²) in [5.74, 6) is -1.81. The van der Waals surface area contributed by atoms with E-state index in [4.69, 9.17) is 5.11 Å². The van der Waals surface area contributed by atoms with E-state index >= 15 is 0 Å². The molecule has 0 aliphatic carbocycles. The second-order valence-corrected chi connectivity index (χ2v) is 8.50. The Morgan fingerprint density at radius 3 is 2.50 bits per heavy atom. The molecule has 1 aromatic carbocycles. The molecule has 0 spiro atoms. The van der Waals surface area contributed by atoms with Crippen molar-refractivity contribution in [1.82, 2.24) is 4.98 Å². The lowest BCUT2D eigenvalue weighted by atomic mass is 9.92. The highest BCUT2D eigenvalue weighted by Crippen LogP contribution is 2.49. The lowest BCUT2D eigenvalue weighted by Crippen LogP contribution is -2.16. The second-order valence-electron chi connectivity index (χ2n) is 6.13. The summed E-state index contributed by atoms with van der Waals surface area (Å²) in [5, 5.41) is 9.16. The largest absolute Gasteiger partial charge is 0.481 e. The van der Waals surface area contributed by atoms with E-state index < -0.39 is 19.3 Å². The highest BCUT2D eigenvalue weighted by Gasteiger charge is 2.28. The molecule has 2 rings (SSSR count). The number of rotatable bonds is 8. The van der Waals surface area contributed by atoms with Crippen LogP contribution in [0, 0.1) is 5.92 Å². The van der Waals surface area contributed by atoms with E-state index in [1.165, 1.54) is 0 Å². The highest BCUT2D eigenvalue weighted by molar-refractivity contribution is 7.57. The first-order valence-electron chi connectivity index (χ1n) is 7.85. The van der Waals surface area contributed by atoms with Gasteiger partial charge in [0.2, 0.25) is 7.37 Å². The Morgan fingerprint density at radius 1 is 1.21 bits per heavy atom. The third-order valence-corrected chi connectivity index (χ3v) is 5.86. The fourth-order valence-electron chi connectivity index (χ4n) is 2.74. The van der Waals surface area contributed by atoms with Gasteiger partial charge in [0.15, 0.2) is 0 Å². The lowest BCUT2D eigenvalue weighted by molar-refractivity contribution is -0.141. The number of aromatic nitrogens is 1. The zero-order chi connectivity index (χ0) is 17.6. The molecular formula is C18H22NO4P. The van der Waals surface area contributed by atoms with Crippen molar-refractivity contribution < 1.29 is 19.4 Å². The summed E-state index contributed by atoms with van der Waals surface area (Å²) in [5.41, 5.74) is 1.60. The van der Waals surface area contributed by atoms with E-state index in [-0.39, 0.29) is 18.2 Å². The summed E-state index contributed by atoms with van der Waals surface area (Å²) in [6, 6.07) is 12.8. The summed E-state index contributed by atoms with van der Waals surface area (Å²) in [7, 11) is -3.44. The maximum atomic E-state index is 12.7. The molecule has 6 heteroatoms. The van der Waals surface area contributed by atoms with Crippen molar-refractivity contribution in [1.29, 1.82) is 0 Å². The van der Waals surface area contributed by atoms with Crippen LogP contribution in [-0.4, -0.2) is 27.1 Å². The Bertz CT molecular complexity index is 705. The molecule has 0 aliphatic heterocycles. The molecule has 2 N–H and O–H groups in total. The molecule has 2 aromatic rings. The Morgan fingerprint density at radius 2 is 1.92 bits per heavy atom. The van der Waals surface area contributed by atoms with Crippen molar-refractivity contribution in [2.45, 2.75) is 25.4 Å². The van der Waals surface area contributed by atoms with Gasteiger partial charge in [-0.2, -0.15) is 0 Å². The van der Waals surface area contributed by atoms with Gasteiger partial charge in [0.1, 0.15) is 0 Å². The second kappa shape index (κ2) is 8.22. The molecule has 1 heterocycles. The number of nitrogens with zero attached hydrogens (tertiary/aromatic N) is 1. The van der Waals surface area contributed by atoms with E-state index in [0.717, 1.165) is 11.1 Å². The fraction of sp³-hybridized carbons (Fsp3) is 0.333. The van der Waals surface area contributed by atoms with Gasteiger partial charge in [-0.1, -0.05) is 43.3 Å². The molecule has 0 bridgehead atoms. The van der Waals surface area contributed by atoms with Gasteiger partial charge in [-0.15, -0.1) is 0 Å². The summed E-state index contributed by atoms with van der Waals surface area (Å²) in [6.45, 7) is 1.62. The quantitative estimate of drug-likeness (QED) is 0.710. The summed E-state index contributed by atoms with van der Waals surface area (Å²) >= 11 is 0. The van der Waals surface area contributed by atoms with Crippen LogP contribution in [0.25, 0.3) is 0 Å². The van der Waals surface area contributed by atoms with Gasteiger partial charge >= 0.3 is 5.97 Å². The Hall–Kier alpha value is -1.97. The summed E-state index contributed by atoms with van der Waals surface area (Å²) in [4.78, 5) is 25.7. The molecule has 5 nitrogen and oxygen atoms in total. The molecule has 0 fully saturated rings. The Kier molecular flexibility index (Phi) is 6.29. The van der Waals surface area contributed by atoms with E-state index in [1.54, 1.807) is 25.4 Å². The lowest BCUT2D eigenvalue weighted by Gasteiger charge is -2.22. The molecular weight excluding hydrogens is 325 g/mol. The number of hydrogen-bond acceptors (Lipinski definition) is 3. The molecule has 1 aromatic heterocycles. The number of carboxylic acids is 1. The minimum absolute atomic E-state index is 0.0468. The normalized spacial score (nSPS) is 16.1. The summed E-state index contributed by atoms with van der Waals surface area (Å²) in [6.07, 6.45) is 3.71. The molecule has 3 atom stereocenters. The van der Waals surface area contributed by atoms with E-state index in [0.29, 0.717) is 6.42 Å². The Labute approximate surface area is 141 Å². The van der Waals surface area contributed by atoms with Crippen molar-refractivity contribution >= 4 is 13.3 Å². The average molecular weight is 347 g/mol. The first kappa shape index (κ1) is 18.4. The zero-order valence-electron chi connectivity index (χ0n) is 13.6. The van der Waals surface area contributed by atoms with Gasteiger partial charge in [-0.3, -0.25) is 14.3 Å². The number of carbonyl (C=O) groups is 1. The van der Waals surface area contributed by atoms with Crippen LogP contribution < -0.4 is 0 Å². The molecule has 0 amide bonds. The van der Waals surface area contributed by atoms with Crippen molar-refractivity contribution in [3.63, 3.8) is 0 Å². The highest BCUT2D eigenvalue weighted by atomic mass is 31.2. The number of benzene rings is 1. The maximum absolute atomic E-state index is 12.7. The van der Waals surface area contributed by atoms with Gasteiger partial charge < -0.3 is 10.00 Å². The Balaban J connectivity index is 2.17. The molecule has 128 valence electrons. The first-order chi connectivity index (χ1) is 11.4. The molecule has 0 saturated heterocycles. The monoisotopic (exact) mass is 347 g/mol. The number of carboxylic acid groups (broad SMARTS) is 1. The van der Waals surface area contributed by atoms with Crippen LogP contribution in [0.15, 0.2) is 54.9 Å². The van der Waals surface area contributed by atoms with Gasteiger partial charge in [-0.25, -0.2) is 0 Å². The van der Waals surface area contributed by atoms with Crippen molar-refractivity contribution in [2.24, 2.45) is 5.92 Å². The molecule has 0 saturated carbocycles. The average Bonchev–Trinajstić information content (AvgIpc) is 2.55. The smallest absolute Gasteiger partial charge is 0.306 e. The van der Waals surface area contributed by atoms with Gasteiger partial charge in [-0.05, 0) is 29.5 Å². The van der Waals surface area contributed by atoms with Crippen LogP contribution in [0.3, 0.4) is 0 Å². The van der Waals surface area contributed by atoms with Gasteiger partial charge in [0.05, 0.1) is 5.92 Å². The predicted molar refractivity (Wildman–Crippen MR) is 93.2 cm³/mol. The fourth-order valence-corrected chi connectivity index (χ4v) is 4.70. The third-order valence-electron chi connectivity index (χ3n) is 3.99. The zero-order valence-corrected chi connectivity index (χ0v) is 14.5. The van der Waals surface area contributed by atoms with Crippen LogP contribution in [0.4, 0.5) is 0 Å². The molecule has 24 heavy (non-hydrogen) atoms. The minimum Gasteiger partial charge on any atom is -0.481 e.